The average Bonchev–Trinajstić information content (AvgIpc) is 2.12. The van der Waals surface area contributed by atoms with Crippen LogP contribution in [0, 0.1) is 5.92 Å². The summed E-state index contributed by atoms with van der Waals surface area (Å²) in [4.78, 5) is 26.6. The quantitative estimate of drug-likeness (QED) is 0.607. The van der Waals surface area contributed by atoms with Crippen LogP contribution in [0.3, 0.4) is 0 Å². The molecule has 1 aliphatic rings. The lowest BCUT2D eigenvalue weighted by Gasteiger charge is -2.19. The lowest BCUT2D eigenvalue weighted by atomic mass is 10.0. The Bertz CT molecular complexity index is 273. The van der Waals surface area contributed by atoms with Crippen LogP contribution < -0.4 is 10.6 Å². The summed E-state index contributed by atoms with van der Waals surface area (Å²) < 4.78 is 0. The number of nitrogens with zero attached hydrogens (tertiary/aromatic N) is 1. The van der Waals surface area contributed by atoms with Gasteiger partial charge >= 0.3 is 0 Å². The summed E-state index contributed by atoms with van der Waals surface area (Å²) in [6.07, 6.45) is 1.38. The second kappa shape index (κ2) is 4.85. The van der Waals surface area contributed by atoms with Gasteiger partial charge in [0.25, 0.3) is 5.91 Å². The van der Waals surface area contributed by atoms with Gasteiger partial charge in [0.05, 0.1) is 6.54 Å². The highest BCUT2D eigenvalue weighted by atomic mass is 16.2. The number of amides is 2. The van der Waals surface area contributed by atoms with E-state index in [0.717, 1.165) is 6.42 Å². The highest BCUT2D eigenvalue weighted by Crippen LogP contribution is 2.11. The maximum Gasteiger partial charge on any atom is 0.259 e. The molecule has 5 heteroatoms. The van der Waals surface area contributed by atoms with Crippen LogP contribution in [0.15, 0.2) is 4.99 Å². The highest BCUT2D eigenvalue weighted by molar-refractivity contribution is 6.16. The third kappa shape index (κ3) is 2.38. The van der Waals surface area contributed by atoms with E-state index in [9.17, 15) is 9.59 Å². The Morgan fingerprint density at radius 1 is 1.50 bits per heavy atom. The molecule has 0 saturated carbocycles. The van der Waals surface area contributed by atoms with Crippen LogP contribution in [-0.2, 0) is 9.59 Å². The van der Waals surface area contributed by atoms with Crippen molar-refractivity contribution in [2.45, 2.75) is 19.8 Å². The van der Waals surface area contributed by atoms with Crippen LogP contribution in [0.5, 0.6) is 0 Å². The summed E-state index contributed by atoms with van der Waals surface area (Å²) in [7, 11) is 1.73. The maximum absolute atomic E-state index is 11.4. The molecule has 0 aromatic carbocycles. The Morgan fingerprint density at radius 2 is 2.21 bits per heavy atom. The van der Waals surface area contributed by atoms with Gasteiger partial charge in [0.1, 0.15) is 11.8 Å². The number of carbonyl (C=O) groups excluding carboxylic acids is 2. The average molecular weight is 197 g/mol. The molecule has 0 aliphatic carbocycles. The van der Waals surface area contributed by atoms with Crippen LogP contribution in [-0.4, -0.2) is 31.2 Å². The molecule has 0 fully saturated rings. The fourth-order valence-electron chi connectivity index (χ4n) is 1.37. The van der Waals surface area contributed by atoms with E-state index in [4.69, 9.17) is 0 Å². The van der Waals surface area contributed by atoms with E-state index >= 15 is 0 Å². The summed E-state index contributed by atoms with van der Waals surface area (Å²) in [5, 5.41) is 5.44. The van der Waals surface area contributed by atoms with Gasteiger partial charge in [-0.3, -0.25) is 9.59 Å². The Morgan fingerprint density at radius 3 is 2.71 bits per heavy atom. The predicted molar refractivity (Wildman–Crippen MR) is 52.9 cm³/mol. The van der Waals surface area contributed by atoms with Gasteiger partial charge in [-0.05, 0) is 13.5 Å². The minimum atomic E-state index is -0.583. The van der Waals surface area contributed by atoms with Crippen molar-refractivity contribution in [1.82, 2.24) is 10.6 Å². The van der Waals surface area contributed by atoms with Crippen LogP contribution in [0.1, 0.15) is 19.8 Å². The Hall–Kier alpha value is -1.23. The highest BCUT2D eigenvalue weighted by Gasteiger charge is 2.30. The maximum atomic E-state index is 11.4. The number of hydrogen-bond donors (Lipinski definition) is 2. The van der Waals surface area contributed by atoms with Crippen molar-refractivity contribution in [2.75, 3.05) is 13.6 Å². The van der Waals surface area contributed by atoms with Gasteiger partial charge in [-0.15, -0.1) is 0 Å². The molecule has 0 saturated heterocycles. The zero-order valence-electron chi connectivity index (χ0n) is 8.46. The molecular weight excluding hydrogens is 182 g/mol. The zero-order chi connectivity index (χ0) is 10.6. The minimum absolute atomic E-state index is 0.225. The molecule has 78 valence electrons. The van der Waals surface area contributed by atoms with Crippen molar-refractivity contribution in [3.63, 3.8) is 0 Å². The van der Waals surface area contributed by atoms with Crippen LogP contribution in [0.4, 0.5) is 0 Å². The molecule has 0 bridgehead atoms. The monoisotopic (exact) mass is 197 g/mol. The second-order valence-electron chi connectivity index (χ2n) is 3.26. The van der Waals surface area contributed by atoms with Crippen molar-refractivity contribution in [3.05, 3.63) is 0 Å². The van der Waals surface area contributed by atoms with E-state index < -0.39 is 5.92 Å². The van der Waals surface area contributed by atoms with Gasteiger partial charge in [-0.2, -0.15) is 4.99 Å². The second-order valence-corrected chi connectivity index (χ2v) is 3.26. The Labute approximate surface area is 83.0 Å². The van der Waals surface area contributed by atoms with Gasteiger partial charge in [-0.1, -0.05) is 13.3 Å². The smallest absolute Gasteiger partial charge is 0.259 e. The first-order valence-electron chi connectivity index (χ1n) is 4.76. The molecule has 1 atom stereocenters. The van der Waals surface area contributed by atoms with E-state index in [1.54, 1.807) is 7.05 Å². The summed E-state index contributed by atoms with van der Waals surface area (Å²) in [5.41, 5.74) is 0. The largest absolute Gasteiger partial charge is 0.313 e. The lowest BCUT2D eigenvalue weighted by molar-refractivity contribution is -0.133. The summed E-state index contributed by atoms with van der Waals surface area (Å²) in [6, 6.07) is 0. The molecule has 0 aromatic rings. The van der Waals surface area contributed by atoms with E-state index in [-0.39, 0.29) is 11.8 Å². The number of aliphatic imine (C=N–C) groups is 1. The first-order chi connectivity index (χ1) is 6.69. The summed E-state index contributed by atoms with van der Waals surface area (Å²) in [6.45, 7) is 2.35. The fraction of sp³-hybridized carbons (Fsp3) is 0.667. The number of hydrogen-bond acceptors (Lipinski definition) is 3. The molecule has 1 unspecified atom stereocenters. The van der Waals surface area contributed by atoms with E-state index in [1.807, 2.05) is 6.92 Å². The first-order valence-corrected chi connectivity index (χ1v) is 4.76. The molecule has 14 heavy (non-hydrogen) atoms. The summed E-state index contributed by atoms with van der Waals surface area (Å²) in [5.74, 6) is -0.714. The molecule has 1 rings (SSSR count). The normalized spacial score (nSPS) is 21.9. The van der Waals surface area contributed by atoms with Gasteiger partial charge in [0.2, 0.25) is 5.91 Å². The van der Waals surface area contributed by atoms with E-state index in [1.165, 1.54) is 0 Å². The predicted octanol–water partition coefficient (Wildman–Crippen LogP) is -0.323. The molecule has 5 nitrogen and oxygen atoms in total. The van der Waals surface area contributed by atoms with Crippen molar-refractivity contribution >= 4 is 17.6 Å². The topological polar surface area (TPSA) is 70.6 Å². The summed E-state index contributed by atoms with van der Waals surface area (Å²) >= 11 is 0. The number of amidine groups is 1. The van der Waals surface area contributed by atoms with Gasteiger partial charge < -0.3 is 10.6 Å². The third-order valence-electron chi connectivity index (χ3n) is 2.05. The molecule has 2 amide bonds. The fourth-order valence-corrected chi connectivity index (χ4v) is 1.37. The number of likely N-dealkylation sites (N-methyl/N-ethyl adjacent to an activating group) is 1. The van der Waals surface area contributed by atoms with Crippen LogP contribution in [0.25, 0.3) is 0 Å². The SMILES string of the molecule is CCCC1C(=O)N=C(CNC)NC1=O. The van der Waals surface area contributed by atoms with Crippen molar-refractivity contribution in [2.24, 2.45) is 10.9 Å². The molecular formula is C9H15N3O2. The number of nitrogens with one attached hydrogen (secondary N) is 2. The molecule has 2 N–H and O–H groups in total. The van der Waals surface area contributed by atoms with E-state index in [0.29, 0.717) is 18.8 Å². The molecule has 1 heterocycles. The zero-order valence-corrected chi connectivity index (χ0v) is 8.46. The van der Waals surface area contributed by atoms with Crippen LogP contribution in [0.2, 0.25) is 0 Å². The van der Waals surface area contributed by atoms with Crippen molar-refractivity contribution in [1.29, 1.82) is 0 Å². The van der Waals surface area contributed by atoms with Crippen molar-refractivity contribution < 1.29 is 9.59 Å². The van der Waals surface area contributed by atoms with Crippen LogP contribution >= 0.6 is 0 Å². The van der Waals surface area contributed by atoms with Gasteiger partial charge in [-0.25, -0.2) is 0 Å². The molecule has 0 radical (unpaired) electrons. The molecule has 0 aromatic heterocycles. The lowest BCUT2D eigenvalue weighted by Crippen LogP contribution is -2.47. The standard InChI is InChI=1S/C9H15N3O2/c1-3-4-6-8(13)11-7(5-10-2)12-9(6)14/h6,10H,3-5H2,1-2H3,(H,11,12,13,14). The van der Waals surface area contributed by atoms with Crippen molar-refractivity contribution in [3.8, 4) is 0 Å². The molecule has 0 spiro atoms. The third-order valence-corrected chi connectivity index (χ3v) is 2.05. The number of carbonyl (C=O) groups is 2. The van der Waals surface area contributed by atoms with Gasteiger partial charge in [0.15, 0.2) is 0 Å². The van der Waals surface area contributed by atoms with Gasteiger partial charge in [0, 0.05) is 0 Å². The Kier molecular flexibility index (Phi) is 3.76. The Balaban J connectivity index is 2.70. The minimum Gasteiger partial charge on any atom is -0.313 e. The number of rotatable bonds is 4. The molecule has 1 aliphatic heterocycles. The van der Waals surface area contributed by atoms with E-state index in [2.05, 4.69) is 15.6 Å². The first kappa shape index (κ1) is 10.8.